The number of amides is 1. The molecule has 0 spiro atoms. The van der Waals surface area contributed by atoms with Crippen LogP contribution in [0.3, 0.4) is 0 Å². The minimum atomic E-state index is -1.09. The van der Waals surface area contributed by atoms with Crippen molar-refractivity contribution >= 4 is 17.1 Å². The predicted octanol–water partition coefficient (Wildman–Crippen LogP) is 0.597. The van der Waals surface area contributed by atoms with Crippen molar-refractivity contribution in [3.8, 4) is 0 Å². The zero-order valence-electron chi connectivity index (χ0n) is 8.43. The number of aromatic amines is 1. The van der Waals surface area contributed by atoms with Crippen molar-refractivity contribution in [2.45, 2.75) is 6.54 Å². The number of hydrogen-bond donors (Lipinski definition) is 3. The van der Waals surface area contributed by atoms with E-state index in [0.717, 1.165) is 11.0 Å². The SMILES string of the molecule is O=C(O)NCCn1c(=O)[nH]c2ccccc21. The van der Waals surface area contributed by atoms with Crippen LogP contribution in [0.2, 0.25) is 0 Å². The summed E-state index contributed by atoms with van der Waals surface area (Å²) in [5.41, 5.74) is 1.30. The molecular formula is C10H11N3O3. The number of H-pyrrole nitrogens is 1. The van der Waals surface area contributed by atoms with E-state index in [4.69, 9.17) is 5.11 Å². The molecule has 1 amide bonds. The number of benzene rings is 1. The highest BCUT2D eigenvalue weighted by Gasteiger charge is 2.05. The third-order valence-electron chi connectivity index (χ3n) is 2.29. The van der Waals surface area contributed by atoms with Crippen LogP contribution in [0.5, 0.6) is 0 Å². The van der Waals surface area contributed by atoms with Crippen molar-refractivity contribution in [1.29, 1.82) is 0 Å². The highest BCUT2D eigenvalue weighted by molar-refractivity contribution is 5.74. The van der Waals surface area contributed by atoms with Crippen molar-refractivity contribution in [3.05, 3.63) is 34.7 Å². The van der Waals surface area contributed by atoms with E-state index in [1.54, 1.807) is 6.07 Å². The zero-order chi connectivity index (χ0) is 11.5. The number of nitrogens with zero attached hydrogens (tertiary/aromatic N) is 1. The molecule has 3 N–H and O–H groups in total. The second-order valence-corrected chi connectivity index (χ2v) is 3.33. The minimum absolute atomic E-state index is 0.205. The van der Waals surface area contributed by atoms with Gasteiger partial charge in [0.2, 0.25) is 0 Å². The summed E-state index contributed by atoms with van der Waals surface area (Å²) >= 11 is 0. The van der Waals surface area contributed by atoms with E-state index in [2.05, 4.69) is 10.3 Å². The van der Waals surface area contributed by atoms with E-state index < -0.39 is 6.09 Å². The molecule has 0 aliphatic rings. The molecule has 16 heavy (non-hydrogen) atoms. The minimum Gasteiger partial charge on any atom is -0.465 e. The molecule has 0 atom stereocenters. The molecule has 0 saturated carbocycles. The van der Waals surface area contributed by atoms with E-state index in [1.165, 1.54) is 4.57 Å². The number of fused-ring (bicyclic) bond motifs is 1. The van der Waals surface area contributed by atoms with Crippen molar-refractivity contribution in [2.24, 2.45) is 0 Å². The molecule has 0 aliphatic heterocycles. The Balaban J connectivity index is 2.26. The fourth-order valence-corrected chi connectivity index (χ4v) is 1.60. The van der Waals surface area contributed by atoms with Gasteiger partial charge in [-0.25, -0.2) is 9.59 Å². The van der Waals surface area contributed by atoms with Crippen LogP contribution >= 0.6 is 0 Å². The predicted molar refractivity (Wildman–Crippen MR) is 58.6 cm³/mol. The van der Waals surface area contributed by atoms with E-state index in [1.807, 2.05) is 18.2 Å². The second kappa shape index (κ2) is 4.09. The maximum absolute atomic E-state index is 11.5. The van der Waals surface area contributed by atoms with Gasteiger partial charge in [-0.15, -0.1) is 0 Å². The monoisotopic (exact) mass is 221 g/mol. The average molecular weight is 221 g/mol. The summed E-state index contributed by atoms with van der Waals surface area (Å²) in [5, 5.41) is 10.6. The van der Waals surface area contributed by atoms with Gasteiger partial charge in [-0.1, -0.05) is 12.1 Å². The molecular weight excluding hydrogens is 210 g/mol. The van der Waals surface area contributed by atoms with Crippen LogP contribution in [-0.2, 0) is 6.54 Å². The van der Waals surface area contributed by atoms with Gasteiger partial charge in [-0.2, -0.15) is 0 Å². The molecule has 0 saturated heterocycles. The first-order valence-electron chi connectivity index (χ1n) is 4.83. The van der Waals surface area contributed by atoms with Gasteiger partial charge < -0.3 is 15.4 Å². The lowest BCUT2D eigenvalue weighted by Gasteiger charge is -2.02. The molecule has 1 aromatic carbocycles. The van der Waals surface area contributed by atoms with Crippen LogP contribution in [-0.4, -0.2) is 27.3 Å². The smallest absolute Gasteiger partial charge is 0.404 e. The van der Waals surface area contributed by atoms with Gasteiger partial charge in [0, 0.05) is 13.1 Å². The number of rotatable bonds is 3. The highest BCUT2D eigenvalue weighted by atomic mass is 16.4. The van der Waals surface area contributed by atoms with Crippen LogP contribution in [0.4, 0.5) is 4.79 Å². The van der Waals surface area contributed by atoms with E-state index >= 15 is 0 Å². The Morgan fingerprint density at radius 1 is 1.44 bits per heavy atom. The number of imidazole rings is 1. The Morgan fingerprint density at radius 2 is 2.19 bits per heavy atom. The first kappa shape index (κ1) is 10.3. The lowest BCUT2D eigenvalue weighted by molar-refractivity contribution is 0.194. The van der Waals surface area contributed by atoms with Crippen LogP contribution < -0.4 is 11.0 Å². The molecule has 1 aromatic heterocycles. The fourth-order valence-electron chi connectivity index (χ4n) is 1.60. The molecule has 2 rings (SSSR count). The topological polar surface area (TPSA) is 87.1 Å². The summed E-state index contributed by atoms with van der Waals surface area (Å²) in [6.45, 7) is 0.520. The van der Waals surface area contributed by atoms with Crippen molar-refractivity contribution in [1.82, 2.24) is 14.9 Å². The summed E-state index contributed by atoms with van der Waals surface area (Å²) in [7, 11) is 0. The van der Waals surface area contributed by atoms with E-state index in [0.29, 0.717) is 6.54 Å². The molecule has 1 heterocycles. The van der Waals surface area contributed by atoms with Crippen LogP contribution in [0, 0.1) is 0 Å². The number of carbonyl (C=O) groups is 1. The van der Waals surface area contributed by atoms with Gasteiger partial charge in [0.15, 0.2) is 0 Å². The third kappa shape index (κ3) is 1.90. The van der Waals surface area contributed by atoms with Crippen molar-refractivity contribution < 1.29 is 9.90 Å². The summed E-state index contributed by atoms with van der Waals surface area (Å²) < 4.78 is 1.51. The van der Waals surface area contributed by atoms with Crippen molar-refractivity contribution in [2.75, 3.05) is 6.54 Å². The van der Waals surface area contributed by atoms with Gasteiger partial charge in [-0.3, -0.25) is 4.57 Å². The maximum atomic E-state index is 11.5. The van der Waals surface area contributed by atoms with E-state index in [9.17, 15) is 9.59 Å². The normalized spacial score (nSPS) is 10.5. The maximum Gasteiger partial charge on any atom is 0.404 e. The van der Waals surface area contributed by atoms with Crippen LogP contribution in [0.15, 0.2) is 29.1 Å². The fraction of sp³-hybridized carbons (Fsp3) is 0.200. The highest BCUT2D eigenvalue weighted by Crippen LogP contribution is 2.07. The average Bonchev–Trinajstić information content (AvgIpc) is 2.55. The van der Waals surface area contributed by atoms with Gasteiger partial charge in [0.25, 0.3) is 0 Å². The quantitative estimate of drug-likeness (QED) is 0.709. The second-order valence-electron chi connectivity index (χ2n) is 3.33. The van der Waals surface area contributed by atoms with Gasteiger partial charge in [-0.05, 0) is 12.1 Å². The summed E-state index contributed by atoms with van der Waals surface area (Å²) in [5.74, 6) is 0. The van der Waals surface area contributed by atoms with Gasteiger partial charge >= 0.3 is 11.8 Å². The lowest BCUT2D eigenvalue weighted by atomic mass is 10.3. The van der Waals surface area contributed by atoms with E-state index in [-0.39, 0.29) is 12.2 Å². The Morgan fingerprint density at radius 3 is 2.94 bits per heavy atom. The Labute approximate surface area is 90.5 Å². The largest absolute Gasteiger partial charge is 0.465 e. The van der Waals surface area contributed by atoms with Crippen LogP contribution in [0.1, 0.15) is 0 Å². The zero-order valence-corrected chi connectivity index (χ0v) is 8.43. The molecule has 6 heteroatoms. The first-order chi connectivity index (χ1) is 7.68. The molecule has 0 bridgehead atoms. The Kier molecular flexibility index (Phi) is 2.63. The molecule has 0 radical (unpaired) electrons. The van der Waals surface area contributed by atoms with Gasteiger partial charge in [0.1, 0.15) is 0 Å². The molecule has 0 aliphatic carbocycles. The first-order valence-corrected chi connectivity index (χ1v) is 4.83. The molecule has 84 valence electrons. The molecule has 0 unspecified atom stereocenters. The van der Waals surface area contributed by atoms with Crippen LogP contribution in [0.25, 0.3) is 11.0 Å². The standard InChI is InChI=1S/C10H11N3O3/c14-9-12-7-3-1-2-4-8(7)13(9)6-5-11-10(15)16/h1-4,11H,5-6H2,(H,12,14)(H,15,16). The van der Waals surface area contributed by atoms with Crippen molar-refractivity contribution in [3.63, 3.8) is 0 Å². The summed E-state index contributed by atoms with van der Waals surface area (Å²) in [6, 6.07) is 7.28. The molecule has 2 aromatic rings. The summed E-state index contributed by atoms with van der Waals surface area (Å²) in [4.78, 5) is 24.5. The Bertz CT molecular complexity index is 570. The molecule has 0 fully saturated rings. The number of para-hydroxylation sites is 2. The molecule has 6 nitrogen and oxygen atoms in total. The van der Waals surface area contributed by atoms with Gasteiger partial charge in [0.05, 0.1) is 11.0 Å². The lowest BCUT2D eigenvalue weighted by Crippen LogP contribution is -2.28. The Hall–Kier alpha value is -2.24. The number of aromatic nitrogens is 2. The third-order valence-corrected chi connectivity index (χ3v) is 2.29. The summed E-state index contributed by atoms with van der Waals surface area (Å²) in [6.07, 6.45) is -1.09. The number of hydrogen-bond acceptors (Lipinski definition) is 2. The number of carboxylic acid groups (broad SMARTS) is 1. The number of nitrogens with one attached hydrogen (secondary N) is 2.